The second-order valence-electron chi connectivity index (χ2n) is 6.94. The maximum absolute atomic E-state index is 12.2. The molecule has 2 aromatic rings. The topological polar surface area (TPSA) is 120 Å². The van der Waals surface area contributed by atoms with Crippen LogP contribution < -0.4 is 5.32 Å². The third-order valence-electron chi connectivity index (χ3n) is 3.81. The van der Waals surface area contributed by atoms with E-state index in [0.717, 1.165) is 20.4 Å². The van der Waals surface area contributed by atoms with Crippen LogP contribution in [0.15, 0.2) is 29.5 Å². The van der Waals surface area contributed by atoms with Gasteiger partial charge in [0.15, 0.2) is 11.7 Å². The molecule has 0 aliphatic rings. The van der Waals surface area contributed by atoms with E-state index in [9.17, 15) is 14.4 Å². The van der Waals surface area contributed by atoms with Crippen LogP contribution >= 0.6 is 0 Å². The number of fused-ring (bicyclic) bond motifs is 1. The summed E-state index contributed by atoms with van der Waals surface area (Å²) in [5.74, 6) is -2.83. The lowest BCUT2D eigenvalue weighted by Gasteiger charge is -2.17. The molecule has 28 heavy (non-hydrogen) atoms. The van der Waals surface area contributed by atoms with Gasteiger partial charge in [-0.25, -0.2) is 15.0 Å². The predicted octanol–water partition coefficient (Wildman–Crippen LogP) is 2.28. The highest BCUT2D eigenvalue weighted by Gasteiger charge is 2.27. The number of aliphatic imine (C=N–C) groups is 1. The van der Waals surface area contributed by atoms with E-state index in [2.05, 4.69) is 29.8 Å². The Morgan fingerprint density at radius 2 is 1.75 bits per heavy atom. The van der Waals surface area contributed by atoms with Crippen LogP contribution in [0.1, 0.15) is 20.8 Å². The minimum Gasteiger partial charge on any atom is -0.468 e. The summed E-state index contributed by atoms with van der Waals surface area (Å²) >= 11 is 0. The van der Waals surface area contributed by atoms with Gasteiger partial charge in [0.25, 0.3) is 0 Å². The molecule has 0 aliphatic heterocycles. The number of nitrogens with one attached hydrogen (secondary N) is 1. The van der Waals surface area contributed by atoms with E-state index in [1.165, 1.54) is 6.33 Å². The fraction of sp³-hybridized carbons (Fsp3) is 0.368. The van der Waals surface area contributed by atoms with E-state index in [-0.39, 0.29) is 11.7 Å². The van der Waals surface area contributed by atoms with Crippen molar-refractivity contribution in [2.45, 2.75) is 20.8 Å². The second kappa shape index (κ2) is 8.55. The van der Waals surface area contributed by atoms with Crippen LogP contribution in [0.4, 0.5) is 11.5 Å². The summed E-state index contributed by atoms with van der Waals surface area (Å²) in [5, 5.41) is 3.37. The molecular formula is C19H22N4O5. The Bertz CT molecular complexity index is 918. The van der Waals surface area contributed by atoms with Gasteiger partial charge in [-0.05, 0) is 18.2 Å². The first-order valence-corrected chi connectivity index (χ1v) is 8.43. The number of esters is 2. The molecule has 2 rings (SSSR count). The highest BCUT2D eigenvalue weighted by Crippen LogP contribution is 2.26. The van der Waals surface area contributed by atoms with E-state index in [1.807, 2.05) is 20.8 Å². The van der Waals surface area contributed by atoms with Crippen LogP contribution in [-0.4, -0.2) is 48.2 Å². The molecule has 0 spiro atoms. The first kappa shape index (κ1) is 20.9. The summed E-state index contributed by atoms with van der Waals surface area (Å²) in [7, 11) is 2.33. The summed E-state index contributed by atoms with van der Waals surface area (Å²) in [6.07, 6.45) is 2.42. The van der Waals surface area contributed by atoms with Gasteiger partial charge in [-0.15, -0.1) is 0 Å². The number of amides is 1. The van der Waals surface area contributed by atoms with E-state index < -0.39 is 23.3 Å². The maximum Gasteiger partial charge on any atom is 0.325 e. The first-order chi connectivity index (χ1) is 13.2. The average Bonchev–Trinajstić information content (AvgIpc) is 2.66. The molecule has 0 bridgehead atoms. The highest BCUT2D eigenvalue weighted by molar-refractivity contribution is 6.10. The van der Waals surface area contributed by atoms with Crippen molar-refractivity contribution in [2.24, 2.45) is 16.3 Å². The monoisotopic (exact) mass is 386 g/mol. The summed E-state index contributed by atoms with van der Waals surface area (Å²) < 4.78 is 9.19. The zero-order chi connectivity index (χ0) is 20.9. The molecule has 9 nitrogen and oxygen atoms in total. The molecule has 1 N–H and O–H groups in total. The average molecular weight is 386 g/mol. The van der Waals surface area contributed by atoms with Crippen molar-refractivity contribution >= 4 is 46.5 Å². The quantitative estimate of drug-likeness (QED) is 0.475. The van der Waals surface area contributed by atoms with E-state index in [1.54, 1.807) is 18.2 Å². The van der Waals surface area contributed by atoms with Crippen LogP contribution in [0.3, 0.4) is 0 Å². The second-order valence-corrected chi connectivity index (χ2v) is 6.94. The van der Waals surface area contributed by atoms with Crippen molar-refractivity contribution in [3.05, 3.63) is 24.5 Å². The molecular weight excluding hydrogens is 364 g/mol. The molecule has 1 aromatic carbocycles. The molecule has 1 amide bonds. The van der Waals surface area contributed by atoms with Gasteiger partial charge >= 0.3 is 11.9 Å². The number of hydrogen-bond donors (Lipinski definition) is 1. The first-order valence-electron chi connectivity index (χ1n) is 8.43. The number of benzene rings is 1. The van der Waals surface area contributed by atoms with Crippen molar-refractivity contribution in [1.29, 1.82) is 0 Å². The van der Waals surface area contributed by atoms with Crippen LogP contribution in [0.2, 0.25) is 0 Å². The van der Waals surface area contributed by atoms with Gasteiger partial charge in [0.2, 0.25) is 5.91 Å². The predicted molar refractivity (Wildman–Crippen MR) is 103 cm³/mol. The maximum atomic E-state index is 12.2. The molecule has 0 saturated heterocycles. The Hall–Kier alpha value is -3.36. The third-order valence-corrected chi connectivity index (χ3v) is 3.81. The van der Waals surface area contributed by atoms with Crippen LogP contribution in [0, 0.1) is 11.3 Å². The van der Waals surface area contributed by atoms with Crippen LogP contribution in [0.25, 0.3) is 10.9 Å². The molecule has 0 fully saturated rings. The lowest BCUT2D eigenvalue weighted by atomic mass is 9.95. The third kappa shape index (κ3) is 4.87. The van der Waals surface area contributed by atoms with Crippen molar-refractivity contribution in [1.82, 2.24) is 9.97 Å². The molecule has 1 heterocycles. The number of hydrogen-bond acceptors (Lipinski definition) is 8. The van der Waals surface area contributed by atoms with Gasteiger partial charge in [0, 0.05) is 22.7 Å². The van der Waals surface area contributed by atoms with E-state index >= 15 is 0 Å². The largest absolute Gasteiger partial charge is 0.468 e. The fourth-order valence-corrected chi connectivity index (χ4v) is 2.16. The van der Waals surface area contributed by atoms with Gasteiger partial charge in [0.1, 0.15) is 6.33 Å². The van der Waals surface area contributed by atoms with E-state index in [0.29, 0.717) is 16.6 Å². The number of methoxy groups -OCH3 is 2. The Kier molecular flexibility index (Phi) is 6.40. The van der Waals surface area contributed by atoms with Crippen molar-refractivity contribution in [3.8, 4) is 0 Å². The zero-order valence-corrected chi connectivity index (χ0v) is 16.3. The Morgan fingerprint density at radius 1 is 1.11 bits per heavy atom. The lowest BCUT2D eigenvalue weighted by molar-refractivity contribution is -0.154. The SMILES string of the molecule is COC(=O)C(C=Nc1ncnc2ccc(NC(=O)C(C)(C)C)cc12)C(=O)OC. The minimum atomic E-state index is -1.32. The minimum absolute atomic E-state index is 0.148. The smallest absolute Gasteiger partial charge is 0.325 e. The Morgan fingerprint density at radius 3 is 2.32 bits per heavy atom. The Balaban J connectivity index is 2.41. The van der Waals surface area contributed by atoms with Gasteiger partial charge < -0.3 is 14.8 Å². The molecule has 0 aliphatic carbocycles. The highest BCUT2D eigenvalue weighted by atomic mass is 16.5. The summed E-state index contributed by atoms with van der Waals surface area (Å²) in [6.45, 7) is 5.42. The lowest BCUT2D eigenvalue weighted by Crippen LogP contribution is -2.27. The molecule has 1 aromatic heterocycles. The molecule has 9 heteroatoms. The van der Waals surface area contributed by atoms with Crippen molar-refractivity contribution in [3.63, 3.8) is 0 Å². The van der Waals surface area contributed by atoms with Gasteiger partial charge in [-0.2, -0.15) is 0 Å². The van der Waals surface area contributed by atoms with Gasteiger partial charge in [-0.3, -0.25) is 14.4 Å². The number of ether oxygens (including phenoxy) is 2. The molecule has 0 radical (unpaired) electrons. The standard InChI is InChI=1S/C19H22N4O5/c1-19(2,3)18(26)23-11-6-7-14-12(8-11)15(22-10-21-14)20-9-13(16(24)27-4)17(25)28-5/h6-10,13H,1-5H3,(H,23,26). The number of anilines is 1. The van der Waals surface area contributed by atoms with E-state index in [4.69, 9.17) is 0 Å². The number of aromatic nitrogens is 2. The number of carbonyl (C=O) groups is 3. The van der Waals surface area contributed by atoms with Crippen molar-refractivity contribution < 1.29 is 23.9 Å². The number of nitrogens with zero attached hydrogens (tertiary/aromatic N) is 3. The van der Waals surface area contributed by atoms with Crippen LogP contribution in [0.5, 0.6) is 0 Å². The summed E-state index contributed by atoms with van der Waals surface area (Å²) in [5.41, 5.74) is 0.581. The molecule has 0 unspecified atom stereocenters. The van der Waals surface area contributed by atoms with Gasteiger partial charge in [-0.1, -0.05) is 20.8 Å². The number of carbonyl (C=O) groups excluding carboxylic acids is 3. The van der Waals surface area contributed by atoms with Crippen molar-refractivity contribution in [2.75, 3.05) is 19.5 Å². The molecule has 0 atom stereocenters. The van der Waals surface area contributed by atoms with Gasteiger partial charge in [0.05, 0.1) is 19.7 Å². The fourth-order valence-electron chi connectivity index (χ4n) is 2.16. The summed E-state index contributed by atoms with van der Waals surface area (Å²) in [6, 6.07) is 5.11. The zero-order valence-electron chi connectivity index (χ0n) is 16.3. The Labute approximate surface area is 162 Å². The summed E-state index contributed by atoms with van der Waals surface area (Å²) in [4.78, 5) is 48.2. The van der Waals surface area contributed by atoms with Crippen LogP contribution in [-0.2, 0) is 23.9 Å². The molecule has 148 valence electrons. The normalized spacial score (nSPS) is 11.6. The molecule has 0 saturated carbocycles. The number of rotatable bonds is 5.